The molecule has 3 atom stereocenters. The Bertz CT molecular complexity index is 1630. The van der Waals surface area contributed by atoms with Gasteiger partial charge in [0.2, 0.25) is 11.8 Å². The van der Waals surface area contributed by atoms with Gasteiger partial charge in [-0.15, -0.1) is 0 Å². The third-order valence-electron chi connectivity index (χ3n) is 7.69. The Kier molecular flexibility index (Phi) is 10.2. The highest BCUT2D eigenvalue weighted by atomic mass is 16.5. The summed E-state index contributed by atoms with van der Waals surface area (Å²) in [6, 6.07) is 20.9. The van der Waals surface area contributed by atoms with E-state index in [4.69, 9.17) is 10.3 Å². The predicted molar refractivity (Wildman–Crippen MR) is 166 cm³/mol. The van der Waals surface area contributed by atoms with Crippen molar-refractivity contribution in [2.45, 2.75) is 50.2 Å². The number of anilines is 1. The molecule has 0 aliphatic carbocycles. The number of hydrazine groups is 1. The quantitative estimate of drug-likeness (QED) is 0.178. The Morgan fingerprint density at radius 1 is 0.935 bits per heavy atom. The zero-order valence-electron chi connectivity index (χ0n) is 24.9. The number of amides is 5. The summed E-state index contributed by atoms with van der Waals surface area (Å²) in [7, 11) is 0. The first-order valence-electron chi connectivity index (χ1n) is 14.9. The number of ketones is 1. The number of hydrogen-bond donors (Lipinski definition) is 3. The zero-order chi connectivity index (χ0) is 32.5. The summed E-state index contributed by atoms with van der Waals surface area (Å²) in [5.74, 6) is -1.01. The molecular formula is C33H33N7O6. The summed E-state index contributed by atoms with van der Waals surface area (Å²) >= 11 is 0. The Morgan fingerprint density at radius 2 is 1.61 bits per heavy atom. The van der Waals surface area contributed by atoms with E-state index in [1.807, 2.05) is 36.4 Å². The summed E-state index contributed by atoms with van der Waals surface area (Å²) in [4.78, 5) is 69.0. The second kappa shape index (κ2) is 14.8. The molecule has 0 bridgehead atoms. The summed E-state index contributed by atoms with van der Waals surface area (Å²) < 4.78 is 5.77. The number of ether oxygens (including phenoxy) is 1. The van der Waals surface area contributed by atoms with Gasteiger partial charge in [0.25, 0.3) is 11.7 Å². The van der Waals surface area contributed by atoms with Crippen molar-refractivity contribution in [3.8, 4) is 11.5 Å². The number of rotatable bonds is 10. The lowest BCUT2D eigenvalue weighted by molar-refractivity contribution is -0.176. The average Bonchev–Trinajstić information content (AvgIpc) is 3.18. The third-order valence-corrected chi connectivity index (χ3v) is 7.69. The molecule has 0 saturated carbocycles. The Balaban J connectivity index is 1.26. The van der Waals surface area contributed by atoms with Crippen molar-refractivity contribution in [3.63, 3.8) is 0 Å². The highest BCUT2D eigenvalue weighted by Crippen LogP contribution is 2.26. The van der Waals surface area contributed by atoms with Gasteiger partial charge in [0, 0.05) is 25.1 Å². The van der Waals surface area contributed by atoms with Crippen LogP contribution in [-0.2, 0) is 25.6 Å². The van der Waals surface area contributed by atoms with Crippen molar-refractivity contribution < 1.29 is 33.5 Å². The fourth-order valence-electron chi connectivity index (χ4n) is 5.45. The van der Waals surface area contributed by atoms with Gasteiger partial charge in [-0.2, -0.15) is 4.79 Å². The molecule has 13 heteroatoms. The largest absolute Gasteiger partial charge is 0.457 e. The minimum absolute atomic E-state index is 0.0187. The minimum Gasteiger partial charge on any atom is -0.457 e. The van der Waals surface area contributed by atoms with Crippen molar-refractivity contribution in [3.05, 3.63) is 96.0 Å². The standard InChI is InChI=1S/C33H33N7O6/c34-35-21-29(41)27(20-22-8-3-1-4-9-22)37-31(43)28-12-7-19-39-30(42)18-17-26(32(44)40(28)39)38-33(45)36-23-13-15-25(16-14-23)46-24-10-5-2-6-11-24/h1-6,8-11,13-16,21,26-28H,7,12,17-20H2,(H,37,43)(H2,36,38,45)/t26?,27-,28-/m0/s1. The minimum atomic E-state index is -1.11. The molecule has 0 aromatic heterocycles. The number of benzene rings is 3. The Hall–Kier alpha value is -5.81. The first-order chi connectivity index (χ1) is 22.3. The summed E-state index contributed by atoms with van der Waals surface area (Å²) in [5.41, 5.74) is 10.1. The molecule has 5 amide bonds. The van der Waals surface area contributed by atoms with Crippen LogP contribution in [0, 0.1) is 0 Å². The highest BCUT2D eigenvalue weighted by molar-refractivity contribution is 6.28. The third kappa shape index (κ3) is 7.82. The number of hydrogen-bond acceptors (Lipinski definition) is 6. The highest BCUT2D eigenvalue weighted by Gasteiger charge is 2.45. The smallest absolute Gasteiger partial charge is 0.325 e. The lowest BCUT2D eigenvalue weighted by atomic mass is 10.0. The van der Waals surface area contributed by atoms with Gasteiger partial charge in [-0.05, 0) is 61.2 Å². The first-order valence-corrected chi connectivity index (χ1v) is 14.9. The molecule has 3 aromatic carbocycles. The number of para-hydroxylation sites is 1. The monoisotopic (exact) mass is 623 g/mol. The topological polar surface area (TPSA) is 174 Å². The van der Waals surface area contributed by atoms with Gasteiger partial charge in [0.1, 0.15) is 29.6 Å². The van der Waals surface area contributed by atoms with E-state index < -0.39 is 41.8 Å². The van der Waals surface area contributed by atoms with Crippen molar-refractivity contribution in [2.75, 3.05) is 11.9 Å². The van der Waals surface area contributed by atoms with Crippen LogP contribution in [0.4, 0.5) is 10.5 Å². The Labute approximate surface area is 265 Å². The van der Waals surface area contributed by atoms with Crippen LogP contribution in [0.25, 0.3) is 5.53 Å². The van der Waals surface area contributed by atoms with Crippen LogP contribution in [-0.4, -0.2) is 75.2 Å². The summed E-state index contributed by atoms with van der Waals surface area (Å²) in [6.45, 7) is 0.230. The van der Waals surface area contributed by atoms with Crippen molar-refractivity contribution in [1.29, 1.82) is 0 Å². The Morgan fingerprint density at radius 3 is 2.30 bits per heavy atom. The maximum atomic E-state index is 13.8. The molecule has 2 heterocycles. The van der Waals surface area contributed by atoms with Crippen LogP contribution in [0.5, 0.6) is 11.5 Å². The summed E-state index contributed by atoms with van der Waals surface area (Å²) in [6.07, 6.45) is 1.53. The molecule has 0 spiro atoms. The number of urea groups is 1. The van der Waals surface area contributed by atoms with Gasteiger partial charge in [-0.3, -0.25) is 24.2 Å². The van der Waals surface area contributed by atoms with Crippen molar-refractivity contribution >= 4 is 41.4 Å². The van der Waals surface area contributed by atoms with Crippen LogP contribution < -0.4 is 20.7 Å². The summed E-state index contributed by atoms with van der Waals surface area (Å²) in [5, 5.41) is 10.4. The number of carbonyl (C=O) groups is 5. The molecule has 3 aromatic rings. The number of fused-ring (bicyclic) bond motifs is 1. The van der Waals surface area contributed by atoms with Gasteiger partial charge < -0.3 is 26.2 Å². The lowest BCUT2D eigenvalue weighted by Gasteiger charge is -2.43. The first kappa shape index (κ1) is 31.6. The molecule has 2 aliphatic rings. The van der Waals surface area contributed by atoms with E-state index in [9.17, 15) is 24.0 Å². The van der Waals surface area contributed by atoms with Crippen molar-refractivity contribution in [1.82, 2.24) is 20.7 Å². The molecule has 2 aliphatic heterocycles. The normalized spacial score (nSPS) is 18.3. The second-order valence-corrected chi connectivity index (χ2v) is 10.9. The van der Waals surface area contributed by atoms with E-state index in [2.05, 4.69) is 20.7 Å². The maximum absolute atomic E-state index is 13.8. The predicted octanol–water partition coefficient (Wildman–Crippen LogP) is 3.09. The van der Waals surface area contributed by atoms with E-state index in [-0.39, 0.29) is 38.1 Å². The van der Waals surface area contributed by atoms with E-state index in [0.717, 1.165) is 10.6 Å². The molecular weight excluding hydrogens is 590 g/mol. The van der Waals surface area contributed by atoms with Crippen LogP contribution in [0.15, 0.2) is 84.9 Å². The van der Waals surface area contributed by atoms with Gasteiger partial charge in [-0.25, -0.2) is 9.80 Å². The zero-order valence-corrected chi connectivity index (χ0v) is 24.9. The van der Waals surface area contributed by atoms with E-state index in [1.165, 1.54) is 5.01 Å². The van der Waals surface area contributed by atoms with Gasteiger partial charge in [-0.1, -0.05) is 48.5 Å². The van der Waals surface area contributed by atoms with Crippen LogP contribution in [0.2, 0.25) is 0 Å². The molecule has 46 heavy (non-hydrogen) atoms. The molecule has 2 fully saturated rings. The van der Waals surface area contributed by atoms with E-state index >= 15 is 0 Å². The number of carbonyl (C=O) groups excluding carboxylic acids is 5. The molecule has 2 saturated heterocycles. The van der Waals surface area contributed by atoms with Gasteiger partial charge >= 0.3 is 12.2 Å². The molecule has 3 N–H and O–H groups in total. The second-order valence-electron chi connectivity index (χ2n) is 10.9. The van der Waals surface area contributed by atoms with Gasteiger partial charge in [0.15, 0.2) is 0 Å². The van der Waals surface area contributed by atoms with Crippen LogP contribution in [0.1, 0.15) is 31.2 Å². The number of nitrogens with one attached hydrogen (secondary N) is 3. The van der Waals surface area contributed by atoms with Crippen LogP contribution >= 0.6 is 0 Å². The van der Waals surface area contributed by atoms with E-state index in [0.29, 0.717) is 29.8 Å². The molecule has 0 radical (unpaired) electrons. The number of nitrogens with zero attached hydrogens (tertiary/aromatic N) is 4. The van der Waals surface area contributed by atoms with Gasteiger partial charge in [0.05, 0.1) is 0 Å². The maximum Gasteiger partial charge on any atom is 0.325 e. The SMILES string of the molecule is [N-]=[N+]=CC(=O)[C@H](Cc1ccccc1)NC(=O)[C@@H]1CCCN2C(=O)CCC(NC(=O)Nc3ccc(Oc4ccccc4)cc3)C(=O)N12. The fraction of sp³-hybridized carbons (Fsp3) is 0.273. The van der Waals surface area contributed by atoms with E-state index in [1.54, 1.807) is 48.5 Å². The lowest BCUT2D eigenvalue weighted by Crippen LogP contribution is -2.64. The molecule has 5 rings (SSSR count). The molecule has 236 valence electrons. The average molecular weight is 624 g/mol. The fourth-order valence-corrected chi connectivity index (χ4v) is 5.45. The van der Waals surface area contributed by atoms with Crippen molar-refractivity contribution in [2.24, 2.45) is 0 Å². The molecule has 13 nitrogen and oxygen atoms in total. The van der Waals surface area contributed by atoms with Crippen LogP contribution in [0.3, 0.4) is 0 Å². The number of Topliss-reactive ketones (excluding diaryl/α,β-unsaturated/α-hetero) is 1. The molecule has 1 unspecified atom stereocenters.